The lowest BCUT2D eigenvalue weighted by Crippen LogP contribution is -2.10. The van der Waals surface area contributed by atoms with Crippen LogP contribution in [0.15, 0.2) is 59.3 Å². The highest BCUT2D eigenvalue weighted by Crippen LogP contribution is 2.38. The molecule has 136 valence electrons. The predicted octanol–water partition coefficient (Wildman–Crippen LogP) is 7.43. The Bertz CT molecular complexity index is 627. The van der Waals surface area contributed by atoms with E-state index < -0.39 is 0 Å². The number of halogens is 2. The van der Waals surface area contributed by atoms with Crippen molar-refractivity contribution in [3.63, 3.8) is 0 Å². The van der Waals surface area contributed by atoms with Crippen LogP contribution in [-0.2, 0) is 4.79 Å². The first-order valence-electron chi connectivity index (χ1n) is 9.20. The molecule has 0 saturated carbocycles. The first-order valence-corrected chi connectivity index (χ1v) is 11.4. The van der Waals surface area contributed by atoms with E-state index >= 15 is 0 Å². The SMILES string of the molecule is CC(=O)/C=C(\C=C(/CCC1C=CCCC1)C1=CC=CCC1)C(C)(I)I. The smallest absolute Gasteiger partial charge is 0.152 e. The van der Waals surface area contributed by atoms with Crippen LogP contribution in [0, 0.1) is 5.92 Å². The number of hydrogen-bond acceptors (Lipinski definition) is 1. The lowest BCUT2D eigenvalue weighted by atomic mass is 9.86. The van der Waals surface area contributed by atoms with E-state index in [4.69, 9.17) is 0 Å². The van der Waals surface area contributed by atoms with Gasteiger partial charge in [-0.15, -0.1) is 0 Å². The van der Waals surface area contributed by atoms with Crippen LogP contribution in [0.3, 0.4) is 0 Å². The largest absolute Gasteiger partial charge is 0.295 e. The summed E-state index contributed by atoms with van der Waals surface area (Å²) in [6.45, 7) is 3.80. The Labute approximate surface area is 180 Å². The Morgan fingerprint density at radius 3 is 2.64 bits per heavy atom. The molecule has 2 aliphatic rings. The highest BCUT2D eigenvalue weighted by molar-refractivity contribution is 14.2. The van der Waals surface area contributed by atoms with Gasteiger partial charge in [0.25, 0.3) is 0 Å². The van der Waals surface area contributed by atoms with Crippen LogP contribution in [0.4, 0.5) is 0 Å². The summed E-state index contributed by atoms with van der Waals surface area (Å²) in [6, 6.07) is 0. The van der Waals surface area contributed by atoms with Crippen LogP contribution in [0.2, 0.25) is 0 Å². The van der Waals surface area contributed by atoms with E-state index in [2.05, 4.69) is 88.6 Å². The lowest BCUT2D eigenvalue weighted by molar-refractivity contribution is -0.112. The fraction of sp³-hybridized carbons (Fsp3) is 0.500. The number of carbonyl (C=O) groups is 1. The lowest BCUT2D eigenvalue weighted by Gasteiger charge is -2.22. The summed E-state index contributed by atoms with van der Waals surface area (Å²) in [6.07, 6.45) is 23.9. The summed E-state index contributed by atoms with van der Waals surface area (Å²) >= 11 is 4.85. The molecule has 0 fully saturated rings. The van der Waals surface area contributed by atoms with Gasteiger partial charge in [0.2, 0.25) is 0 Å². The van der Waals surface area contributed by atoms with Crippen molar-refractivity contribution < 1.29 is 4.79 Å². The molecule has 2 aliphatic carbocycles. The van der Waals surface area contributed by atoms with Gasteiger partial charge in [-0.25, -0.2) is 0 Å². The van der Waals surface area contributed by atoms with Crippen molar-refractivity contribution >= 4 is 51.0 Å². The molecular weight excluding hydrogens is 534 g/mol. The highest BCUT2D eigenvalue weighted by atomic mass is 127. The normalized spacial score (nSPS) is 22.1. The van der Waals surface area contributed by atoms with E-state index in [-0.39, 0.29) is 7.21 Å². The number of alkyl halides is 2. The van der Waals surface area contributed by atoms with E-state index in [0.29, 0.717) is 5.92 Å². The van der Waals surface area contributed by atoms with Gasteiger partial charge in [-0.2, -0.15) is 0 Å². The summed E-state index contributed by atoms with van der Waals surface area (Å²) in [4.78, 5) is 11.7. The standard InChI is InChI=1S/C22H28I2O/c1-17(25)15-21(22(2,23)24)16-20(19-11-7-4-8-12-19)14-13-18-9-5-3-6-10-18/h4-5,7,9,11,15-16,18H,3,6,8,10,12-14H2,1-2H3/b20-16+,21-15+. The topological polar surface area (TPSA) is 17.1 Å². The van der Waals surface area contributed by atoms with E-state index in [9.17, 15) is 4.79 Å². The van der Waals surface area contributed by atoms with Gasteiger partial charge in [-0.05, 0) is 87.5 Å². The monoisotopic (exact) mass is 562 g/mol. The molecule has 1 unspecified atom stereocenters. The average Bonchev–Trinajstić information content (AvgIpc) is 2.58. The molecule has 0 radical (unpaired) electrons. The summed E-state index contributed by atoms with van der Waals surface area (Å²) < 4.78 is -0.0811. The summed E-state index contributed by atoms with van der Waals surface area (Å²) in [5.41, 5.74) is 3.97. The summed E-state index contributed by atoms with van der Waals surface area (Å²) in [7, 11) is 0. The molecule has 0 heterocycles. The second-order valence-electron chi connectivity index (χ2n) is 7.08. The van der Waals surface area contributed by atoms with Crippen LogP contribution < -0.4 is 0 Å². The third-order valence-corrected chi connectivity index (χ3v) is 6.01. The fourth-order valence-corrected chi connectivity index (χ4v) is 3.98. The third-order valence-electron chi connectivity index (χ3n) is 4.76. The molecule has 1 nitrogen and oxygen atoms in total. The van der Waals surface area contributed by atoms with E-state index in [1.807, 2.05) is 0 Å². The van der Waals surface area contributed by atoms with E-state index in [1.54, 1.807) is 13.0 Å². The highest BCUT2D eigenvalue weighted by Gasteiger charge is 2.22. The Morgan fingerprint density at radius 2 is 2.08 bits per heavy atom. The maximum absolute atomic E-state index is 11.7. The fourth-order valence-electron chi connectivity index (χ4n) is 3.36. The van der Waals surface area contributed by atoms with Crippen molar-refractivity contribution in [1.82, 2.24) is 0 Å². The molecule has 0 amide bonds. The van der Waals surface area contributed by atoms with Crippen molar-refractivity contribution in [1.29, 1.82) is 0 Å². The van der Waals surface area contributed by atoms with Gasteiger partial charge >= 0.3 is 0 Å². The van der Waals surface area contributed by atoms with Crippen molar-refractivity contribution in [3.05, 3.63) is 59.3 Å². The first kappa shape index (κ1) is 21.1. The number of carbonyl (C=O) groups excluding carboxylic acids is 1. The van der Waals surface area contributed by atoms with Crippen LogP contribution in [0.25, 0.3) is 0 Å². The third kappa shape index (κ3) is 7.53. The molecule has 1 atom stereocenters. The van der Waals surface area contributed by atoms with Gasteiger partial charge in [-0.3, -0.25) is 4.79 Å². The van der Waals surface area contributed by atoms with Crippen LogP contribution in [-0.4, -0.2) is 7.21 Å². The van der Waals surface area contributed by atoms with Gasteiger partial charge in [0.05, 0.1) is 1.43 Å². The average molecular weight is 562 g/mol. The summed E-state index contributed by atoms with van der Waals surface area (Å²) in [5.74, 6) is 0.834. The number of allylic oxidation sites excluding steroid dienone is 10. The zero-order chi connectivity index (χ0) is 18.3. The molecule has 0 N–H and O–H groups in total. The molecule has 0 aromatic rings. The number of hydrogen-bond donors (Lipinski definition) is 0. The van der Waals surface area contributed by atoms with Crippen LogP contribution in [0.5, 0.6) is 0 Å². The Balaban J connectivity index is 2.27. The Kier molecular flexibility index (Phi) is 8.65. The van der Waals surface area contributed by atoms with E-state index in [0.717, 1.165) is 24.8 Å². The minimum atomic E-state index is -0.0811. The number of ketones is 1. The molecule has 3 heteroatoms. The van der Waals surface area contributed by atoms with Crippen molar-refractivity contribution in [2.75, 3.05) is 0 Å². The summed E-state index contributed by atoms with van der Waals surface area (Å²) in [5, 5.41) is 0. The number of rotatable bonds is 7. The molecule has 2 rings (SSSR count). The van der Waals surface area contributed by atoms with Gasteiger partial charge in [0.1, 0.15) is 0 Å². The molecule has 0 bridgehead atoms. The zero-order valence-corrected chi connectivity index (χ0v) is 19.5. The van der Waals surface area contributed by atoms with E-state index in [1.165, 1.54) is 36.8 Å². The molecule has 25 heavy (non-hydrogen) atoms. The Hall–Kier alpha value is -0.170. The van der Waals surface area contributed by atoms with Crippen LogP contribution >= 0.6 is 45.2 Å². The molecule has 0 aliphatic heterocycles. The minimum absolute atomic E-state index is 0.0811. The van der Waals surface area contributed by atoms with Gasteiger partial charge in [-0.1, -0.05) is 81.6 Å². The minimum Gasteiger partial charge on any atom is -0.295 e. The van der Waals surface area contributed by atoms with Crippen molar-refractivity contribution in [2.24, 2.45) is 5.92 Å². The quantitative estimate of drug-likeness (QED) is 0.104. The van der Waals surface area contributed by atoms with Crippen LogP contribution in [0.1, 0.15) is 58.8 Å². The maximum Gasteiger partial charge on any atom is 0.152 e. The van der Waals surface area contributed by atoms with Crippen molar-refractivity contribution in [2.45, 2.75) is 60.2 Å². The second-order valence-corrected chi connectivity index (χ2v) is 13.5. The molecule has 0 spiro atoms. The molecule has 0 aromatic carbocycles. The molecular formula is C22H28I2O. The predicted molar refractivity (Wildman–Crippen MR) is 125 cm³/mol. The zero-order valence-electron chi connectivity index (χ0n) is 15.2. The van der Waals surface area contributed by atoms with Gasteiger partial charge in [0.15, 0.2) is 5.78 Å². The van der Waals surface area contributed by atoms with Gasteiger partial charge < -0.3 is 0 Å². The molecule has 0 saturated heterocycles. The van der Waals surface area contributed by atoms with Gasteiger partial charge in [0, 0.05) is 0 Å². The molecule has 0 aromatic heterocycles. The Morgan fingerprint density at radius 1 is 1.28 bits per heavy atom. The maximum atomic E-state index is 11.7. The van der Waals surface area contributed by atoms with Crippen molar-refractivity contribution in [3.8, 4) is 0 Å². The first-order chi connectivity index (χ1) is 11.9. The second kappa shape index (κ2) is 10.2.